The summed E-state index contributed by atoms with van der Waals surface area (Å²) in [6.45, 7) is 3.50. The number of hydrogen-bond acceptors (Lipinski definition) is 7. The smallest absolute Gasteiger partial charge is 0.299 e. The van der Waals surface area contributed by atoms with Crippen LogP contribution in [-0.2, 0) is 6.42 Å². The normalized spacial score (nSPS) is 22.3. The Hall–Kier alpha value is -1.90. The lowest BCUT2D eigenvalue weighted by Crippen LogP contribution is -2.49. The average molecular weight is 354 g/mol. The molecule has 9 heteroatoms. The lowest BCUT2D eigenvalue weighted by molar-refractivity contribution is -0.432. The summed E-state index contributed by atoms with van der Waals surface area (Å²) >= 11 is 5.81. The highest BCUT2D eigenvalue weighted by molar-refractivity contribution is 6.29. The van der Waals surface area contributed by atoms with Gasteiger partial charge < -0.3 is 15.3 Å². The van der Waals surface area contributed by atoms with E-state index < -0.39 is 6.10 Å². The number of nitrogens with zero attached hydrogens (tertiary/aromatic N) is 4. The summed E-state index contributed by atoms with van der Waals surface area (Å²) in [7, 11) is 0. The van der Waals surface area contributed by atoms with Gasteiger partial charge in [0.2, 0.25) is 0 Å². The van der Waals surface area contributed by atoms with Gasteiger partial charge in [0.05, 0.1) is 30.3 Å². The van der Waals surface area contributed by atoms with Crippen molar-refractivity contribution >= 4 is 11.6 Å². The predicted molar refractivity (Wildman–Crippen MR) is 88.7 cm³/mol. The fourth-order valence-corrected chi connectivity index (χ4v) is 3.35. The lowest BCUT2D eigenvalue weighted by atomic mass is 10.1. The summed E-state index contributed by atoms with van der Waals surface area (Å²) in [5.74, 6) is 0.591. The standard InChI is InChI=1S/C15H20ClN5O3/c1-10(22)7-19-8-13(21(23)24)15-18-6-12(20(15)9-19)4-11-2-3-14(16)17-5-11/h2-3,5,10,12,18,22H,4,6-9H2,1H3. The highest BCUT2D eigenvalue weighted by Gasteiger charge is 2.40. The molecule has 1 saturated heterocycles. The third-order valence-electron chi connectivity index (χ3n) is 4.23. The lowest BCUT2D eigenvalue weighted by Gasteiger charge is -2.36. The molecule has 8 nitrogen and oxygen atoms in total. The molecule has 2 atom stereocenters. The number of nitrogens with one attached hydrogen (secondary N) is 1. The molecule has 2 aliphatic heterocycles. The second-order valence-corrected chi connectivity index (χ2v) is 6.64. The number of aliphatic hydroxyl groups excluding tert-OH is 1. The Kier molecular flexibility index (Phi) is 4.88. The third kappa shape index (κ3) is 3.61. The van der Waals surface area contributed by atoms with Gasteiger partial charge in [-0.25, -0.2) is 4.98 Å². The molecule has 1 fully saturated rings. The van der Waals surface area contributed by atoms with E-state index in [4.69, 9.17) is 11.6 Å². The number of hydrogen-bond donors (Lipinski definition) is 2. The van der Waals surface area contributed by atoms with E-state index in [9.17, 15) is 15.2 Å². The zero-order chi connectivity index (χ0) is 17.3. The van der Waals surface area contributed by atoms with Crippen LogP contribution in [0.1, 0.15) is 12.5 Å². The summed E-state index contributed by atoms with van der Waals surface area (Å²) in [6, 6.07) is 3.76. The fourth-order valence-electron chi connectivity index (χ4n) is 3.24. The number of aromatic nitrogens is 1. The van der Waals surface area contributed by atoms with E-state index in [0.29, 0.717) is 37.2 Å². The molecule has 1 aromatic rings. The van der Waals surface area contributed by atoms with E-state index in [1.54, 1.807) is 19.2 Å². The Morgan fingerprint density at radius 2 is 2.38 bits per heavy atom. The second kappa shape index (κ2) is 6.92. The number of halogens is 1. The van der Waals surface area contributed by atoms with Gasteiger partial charge in [0, 0.05) is 19.3 Å². The zero-order valence-corrected chi connectivity index (χ0v) is 14.1. The second-order valence-electron chi connectivity index (χ2n) is 6.25. The largest absolute Gasteiger partial charge is 0.392 e. The summed E-state index contributed by atoms with van der Waals surface area (Å²) in [5, 5.41) is 24.6. The minimum atomic E-state index is -0.533. The molecule has 1 aromatic heterocycles. The minimum absolute atomic E-state index is 0.0923. The maximum absolute atomic E-state index is 11.4. The molecule has 130 valence electrons. The van der Waals surface area contributed by atoms with Gasteiger partial charge >= 0.3 is 0 Å². The number of rotatable bonds is 5. The van der Waals surface area contributed by atoms with Crippen molar-refractivity contribution in [3.8, 4) is 0 Å². The van der Waals surface area contributed by atoms with Crippen LogP contribution in [0.4, 0.5) is 0 Å². The van der Waals surface area contributed by atoms with Crippen LogP contribution in [0, 0.1) is 10.1 Å². The minimum Gasteiger partial charge on any atom is -0.392 e. The van der Waals surface area contributed by atoms with E-state index >= 15 is 0 Å². The summed E-state index contributed by atoms with van der Waals surface area (Å²) in [5.41, 5.74) is 1.18. The van der Waals surface area contributed by atoms with Crippen molar-refractivity contribution in [1.82, 2.24) is 20.1 Å². The van der Waals surface area contributed by atoms with Gasteiger partial charge in [0.25, 0.3) is 5.70 Å². The highest BCUT2D eigenvalue weighted by Crippen LogP contribution is 2.26. The van der Waals surface area contributed by atoms with Crippen molar-refractivity contribution in [2.24, 2.45) is 0 Å². The van der Waals surface area contributed by atoms with Crippen LogP contribution in [0.25, 0.3) is 0 Å². The van der Waals surface area contributed by atoms with Crippen LogP contribution < -0.4 is 5.32 Å². The summed E-state index contributed by atoms with van der Waals surface area (Å²) in [6.07, 6.45) is 1.92. The van der Waals surface area contributed by atoms with Crippen LogP contribution in [0.15, 0.2) is 29.8 Å². The van der Waals surface area contributed by atoms with Crippen LogP contribution in [0.2, 0.25) is 5.15 Å². The van der Waals surface area contributed by atoms with Gasteiger partial charge in [0.1, 0.15) is 5.15 Å². The van der Waals surface area contributed by atoms with Crippen LogP contribution in [0.5, 0.6) is 0 Å². The molecule has 3 heterocycles. The van der Waals surface area contributed by atoms with Crippen molar-refractivity contribution in [2.75, 3.05) is 26.3 Å². The van der Waals surface area contributed by atoms with Gasteiger partial charge in [-0.15, -0.1) is 0 Å². The highest BCUT2D eigenvalue weighted by atomic mass is 35.5. The third-order valence-corrected chi connectivity index (χ3v) is 4.46. The molecule has 0 aromatic carbocycles. The maximum atomic E-state index is 11.4. The number of fused-ring (bicyclic) bond motifs is 1. The Labute approximate surface area is 144 Å². The van der Waals surface area contributed by atoms with Gasteiger partial charge in [-0.3, -0.25) is 15.0 Å². The van der Waals surface area contributed by atoms with Crippen molar-refractivity contribution in [2.45, 2.75) is 25.5 Å². The molecule has 0 spiro atoms. The van der Waals surface area contributed by atoms with E-state index in [1.807, 2.05) is 15.9 Å². The fraction of sp³-hybridized carbons (Fsp3) is 0.533. The Morgan fingerprint density at radius 3 is 3.00 bits per heavy atom. The van der Waals surface area contributed by atoms with Gasteiger partial charge in [-0.1, -0.05) is 17.7 Å². The van der Waals surface area contributed by atoms with Gasteiger partial charge in [-0.05, 0) is 25.0 Å². The number of pyridine rings is 1. The van der Waals surface area contributed by atoms with Crippen LogP contribution >= 0.6 is 11.6 Å². The summed E-state index contributed by atoms with van der Waals surface area (Å²) < 4.78 is 0. The molecule has 3 rings (SSSR count). The van der Waals surface area contributed by atoms with E-state index in [-0.39, 0.29) is 23.2 Å². The Balaban J connectivity index is 1.80. The van der Waals surface area contributed by atoms with E-state index in [2.05, 4.69) is 10.3 Å². The molecule has 2 aliphatic rings. The Bertz CT molecular complexity index is 649. The number of aliphatic hydroxyl groups is 1. The molecular weight excluding hydrogens is 334 g/mol. The van der Waals surface area contributed by atoms with E-state index in [0.717, 1.165) is 5.56 Å². The first-order chi connectivity index (χ1) is 11.4. The molecule has 2 unspecified atom stereocenters. The van der Waals surface area contributed by atoms with E-state index in [1.165, 1.54) is 0 Å². The van der Waals surface area contributed by atoms with Gasteiger partial charge in [0.15, 0.2) is 5.82 Å². The topological polar surface area (TPSA) is 94.8 Å². The summed E-state index contributed by atoms with van der Waals surface area (Å²) in [4.78, 5) is 19.1. The maximum Gasteiger partial charge on any atom is 0.299 e. The molecular formula is C15H20ClN5O3. The van der Waals surface area contributed by atoms with Gasteiger partial charge in [-0.2, -0.15) is 0 Å². The van der Waals surface area contributed by atoms with Crippen LogP contribution in [0.3, 0.4) is 0 Å². The van der Waals surface area contributed by atoms with Crippen molar-refractivity contribution < 1.29 is 10.0 Å². The first kappa shape index (κ1) is 16.9. The van der Waals surface area contributed by atoms with Crippen molar-refractivity contribution in [3.05, 3.63) is 50.7 Å². The van der Waals surface area contributed by atoms with Crippen molar-refractivity contribution in [1.29, 1.82) is 0 Å². The molecule has 2 N–H and O–H groups in total. The molecule has 0 bridgehead atoms. The van der Waals surface area contributed by atoms with Crippen LogP contribution in [-0.4, -0.2) is 63.3 Å². The monoisotopic (exact) mass is 353 g/mol. The predicted octanol–water partition coefficient (Wildman–Crippen LogP) is 0.651. The number of nitro groups is 1. The Morgan fingerprint density at radius 1 is 1.58 bits per heavy atom. The zero-order valence-electron chi connectivity index (χ0n) is 13.4. The number of β-amino-alcohol motifs (C(OH)–C–C–N with tert-alkyl or cyclic N) is 1. The molecule has 0 radical (unpaired) electrons. The molecule has 24 heavy (non-hydrogen) atoms. The quantitative estimate of drug-likeness (QED) is 0.456. The average Bonchev–Trinajstić information content (AvgIpc) is 2.91. The first-order valence-corrected chi connectivity index (χ1v) is 8.20. The molecule has 0 aliphatic carbocycles. The first-order valence-electron chi connectivity index (χ1n) is 7.83. The van der Waals surface area contributed by atoms with Crippen molar-refractivity contribution in [3.63, 3.8) is 0 Å². The molecule has 0 saturated carbocycles. The SMILES string of the molecule is CC(O)CN1CC([N+](=O)[O-])=C2NCC(Cc3ccc(Cl)nc3)N2C1. The molecule has 0 amide bonds.